The molecule has 0 bridgehead atoms. The maximum Gasteiger partial charge on any atom is 0.256 e. The van der Waals surface area contributed by atoms with Crippen LogP contribution in [0.1, 0.15) is 10.4 Å². The molecule has 6 heteroatoms. The van der Waals surface area contributed by atoms with E-state index in [1.54, 1.807) is 13.2 Å². The highest BCUT2D eigenvalue weighted by molar-refractivity contribution is 9.11. The summed E-state index contributed by atoms with van der Waals surface area (Å²) in [6.45, 7) is 0.949. The third kappa shape index (κ3) is 1.91. The summed E-state index contributed by atoms with van der Waals surface area (Å²) >= 11 is 6.71. The number of benzene rings is 1. The highest BCUT2D eigenvalue weighted by atomic mass is 79.9. The zero-order valence-electron chi connectivity index (χ0n) is 8.47. The second-order valence-electron chi connectivity index (χ2n) is 3.18. The number of halogens is 2. The van der Waals surface area contributed by atoms with Gasteiger partial charge < -0.3 is 14.8 Å². The van der Waals surface area contributed by atoms with E-state index in [-0.39, 0.29) is 5.91 Å². The first-order chi connectivity index (χ1) is 7.65. The molecule has 1 aromatic carbocycles. The molecule has 86 valence electrons. The molecule has 1 aliphatic rings. The minimum atomic E-state index is -0.168. The van der Waals surface area contributed by atoms with Gasteiger partial charge in [-0.2, -0.15) is 0 Å². The van der Waals surface area contributed by atoms with E-state index in [9.17, 15) is 4.79 Å². The van der Waals surface area contributed by atoms with Crippen LogP contribution in [-0.2, 0) is 0 Å². The number of fused-ring (bicyclic) bond motifs is 1. The molecule has 1 aromatic rings. The summed E-state index contributed by atoms with van der Waals surface area (Å²) in [5.74, 6) is 0.966. The van der Waals surface area contributed by atoms with Crippen LogP contribution in [0.2, 0.25) is 0 Å². The molecule has 1 N–H and O–H groups in total. The zero-order valence-corrected chi connectivity index (χ0v) is 11.6. The Labute approximate surface area is 110 Å². The molecular weight excluding hydrogens is 342 g/mol. The van der Waals surface area contributed by atoms with Crippen LogP contribution >= 0.6 is 31.9 Å². The van der Waals surface area contributed by atoms with Crippen molar-refractivity contribution in [2.75, 3.05) is 20.3 Å². The predicted octanol–water partition coefficient (Wildman–Crippen LogP) is 2.34. The van der Waals surface area contributed by atoms with E-state index in [2.05, 4.69) is 37.2 Å². The maximum atomic E-state index is 11.8. The Morgan fingerprint density at radius 2 is 2.25 bits per heavy atom. The Bertz CT molecular complexity index is 448. The van der Waals surface area contributed by atoms with Gasteiger partial charge in [-0.1, -0.05) is 0 Å². The van der Waals surface area contributed by atoms with Gasteiger partial charge in [0.15, 0.2) is 0 Å². The second kappa shape index (κ2) is 4.63. The van der Waals surface area contributed by atoms with Gasteiger partial charge in [0.05, 0.1) is 22.6 Å². The number of carbonyl (C=O) groups is 1. The van der Waals surface area contributed by atoms with E-state index in [4.69, 9.17) is 9.47 Å². The van der Waals surface area contributed by atoms with Crippen LogP contribution in [0.5, 0.6) is 11.5 Å². The van der Waals surface area contributed by atoms with Crippen molar-refractivity contribution < 1.29 is 14.3 Å². The van der Waals surface area contributed by atoms with Crippen LogP contribution < -0.4 is 14.8 Å². The summed E-state index contributed by atoms with van der Waals surface area (Å²) in [6.07, 6.45) is 0. The lowest BCUT2D eigenvalue weighted by molar-refractivity contribution is 0.0956. The molecule has 1 heterocycles. The van der Waals surface area contributed by atoms with Gasteiger partial charge >= 0.3 is 0 Å². The van der Waals surface area contributed by atoms with Crippen molar-refractivity contribution >= 4 is 37.8 Å². The second-order valence-corrected chi connectivity index (χ2v) is 4.83. The van der Waals surface area contributed by atoms with E-state index < -0.39 is 0 Å². The van der Waals surface area contributed by atoms with Crippen molar-refractivity contribution in [2.45, 2.75) is 0 Å². The first kappa shape index (κ1) is 11.7. The maximum absolute atomic E-state index is 11.8. The first-order valence-corrected chi connectivity index (χ1v) is 6.20. The van der Waals surface area contributed by atoms with Crippen LogP contribution in [-0.4, -0.2) is 26.2 Å². The Hall–Kier alpha value is -0.750. The summed E-state index contributed by atoms with van der Waals surface area (Å²) in [4.78, 5) is 11.8. The lowest BCUT2D eigenvalue weighted by atomic mass is 10.2. The highest BCUT2D eigenvalue weighted by Crippen LogP contribution is 2.41. The van der Waals surface area contributed by atoms with E-state index in [0.29, 0.717) is 39.2 Å². The number of methoxy groups -OCH3 is 1. The van der Waals surface area contributed by atoms with Gasteiger partial charge in [0, 0.05) is 0 Å². The number of amides is 1. The molecule has 0 spiro atoms. The molecule has 4 nitrogen and oxygen atoms in total. The average Bonchev–Trinajstić information content (AvgIpc) is 2.46. The van der Waals surface area contributed by atoms with E-state index in [1.807, 2.05) is 0 Å². The molecule has 0 saturated carbocycles. The Morgan fingerprint density at radius 3 is 2.94 bits per heavy atom. The van der Waals surface area contributed by atoms with Gasteiger partial charge in [0.1, 0.15) is 23.7 Å². The summed E-state index contributed by atoms with van der Waals surface area (Å²) in [7, 11) is 1.55. The van der Waals surface area contributed by atoms with Gasteiger partial charge in [-0.05, 0) is 37.9 Å². The topological polar surface area (TPSA) is 47.6 Å². The van der Waals surface area contributed by atoms with Gasteiger partial charge in [-0.25, -0.2) is 0 Å². The average molecular weight is 351 g/mol. The summed E-state index contributed by atoms with van der Waals surface area (Å²) < 4.78 is 12.0. The number of nitrogens with one attached hydrogen (secondary N) is 1. The Balaban J connectivity index is 2.67. The molecule has 2 rings (SSSR count). The lowest BCUT2D eigenvalue weighted by Crippen LogP contribution is -2.24. The van der Waals surface area contributed by atoms with Gasteiger partial charge in [-0.3, -0.25) is 4.79 Å². The number of hydrogen-bond donors (Lipinski definition) is 1. The normalized spacial score (nSPS) is 14.6. The summed E-state index contributed by atoms with van der Waals surface area (Å²) in [5, 5.41) is 2.75. The number of rotatable bonds is 1. The number of carbonyl (C=O) groups excluding carboxylic acids is 1. The Kier molecular flexibility index (Phi) is 3.39. The smallest absolute Gasteiger partial charge is 0.256 e. The van der Waals surface area contributed by atoms with Crippen LogP contribution in [0.3, 0.4) is 0 Å². The zero-order chi connectivity index (χ0) is 11.7. The van der Waals surface area contributed by atoms with Gasteiger partial charge in [-0.15, -0.1) is 0 Å². The molecule has 0 atom stereocenters. The van der Waals surface area contributed by atoms with Crippen LogP contribution in [0.15, 0.2) is 15.0 Å². The van der Waals surface area contributed by atoms with Crippen molar-refractivity contribution in [1.82, 2.24) is 5.32 Å². The van der Waals surface area contributed by atoms with Gasteiger partial charge in [0.2, 0.25) is 0 Å². The molecule has 1 aliphatic heterocycles. The monoisotopic (exact) mass is 349 g/mol. The number of ether oxygens (including phenoxy) is 2. The molecule has 0 radical (unpaired) electrons. The van der Waals surface area contributed by atoms with E-state index in [1.165, 1.54) is 0 Å². The van der Waals surface area contributed by atoms with Crippen LogP contribution in [0.25, 0.3) is 0 Å². The minimum Gasteiger partial charge on any atom is -0.496 e. The molecule has 0 fully saturated rings. The summed E-state index contributed by atoms with van der Waals surface area (Å²) in [5.41, 5.74) is 0.462. The molecule has 0 unspecified atom stereocenters. The minimum absolute atomic E-state index is 0.168. The van der Waals surface area contributed by atoms with Crippen LogP contribution in [0.4, 0.5) is 0 Å². The molecule has 16 heavy (non-hydrogen) atoms. The fraction of sp³-hybridized carbons (Fsp3) is 0.300. The predicted molar refractivity (Wildman–Crippen MR) is 66.2 cm³/mol. The molecule has 0 aromatic heterocycles. The van der Waals surface area contributed by atoms with Crippen LogP contribution in [0, 0.1) is 0 Å². The fourth-order valence-electron chi connectivity index (χ4n) is 1.48. The van der Waals surface area contributed by atoms with Crippen molar-refractivity contribution in [3.05, 3.63) is 20.6 Å². The molecule has 0 saturated heterocycles. The Morgan fingerprint density at radius 1 is 1.50 bits per heavy atom. The highest BCUT2D eigenvalue weighted by Gasteiger charge is 2.24. The van der Waals surface area contributed by atoms with Crippen molar-refractivity contribution in [3.63, 3.8) is 0 Å². The van der Waals surface area contributed by atoms with Crippen molar-refractivity contribution in [3.8, 4) is 11.5 Å². The fourth-order valence-corrected chi connectivity index (χ4v) is 2.64. The van der Waals surface area contributed by atoms with E-state index in [0.717, 1.165) is 0 Å². The third-order valence-electron chi connectivity index (χ3n) is 2.22. The van der Waals surface area contributed by atoms with Crippen molar-refractivity contribution in [1.29, 1.82) is 0 Å². The molecule has 1 amide bonds. The number of hydrogen-bond acceptors (Lipinski definition) is 3. The van der Waals surface area contributed by atoms with E-state index >= 15 is 0 Å². The third-order valence-corrected chi connectivity index (χ3v) is 3.59. The largest absolute Gasteiger partial charge is 0.496 e. The standard InChI is InChI=1S/C10H9Br2NO3/c1-15-6-4-5(11)9-7(8(6)12)10(14)13-2-3-16-9/h4H,2-3H2,1H3,(H,13,14). The molecule has 0 aliphatic carbocycles. The lowest BCUT2D eigenvalue weighted by Gasteiger charge is -2.12. The SMILES string of the molecule is COc1cc(Br)c2c(c1Br)C(=O)NCCO2. The quantitative estimate of drug-likeness (QED) is 0.845. The summed E-state index contributed by atoms with van der Waals surface area (Å²) in [6, 6.07) is 1.77. The first-order valence-electron chi connectivity index (χ1n) is 4.62. The van der Waals surface area contributed by atoms with Gasteiger partial charge in [0.25, 0.3) is 5.91 Å². The molecular formula is C10H9Br2NO3. The van der Waals surface area contributed by atoms with Crippen molar-refractivity contribution in [2.24, 2.45) is 0 Å².